The fourth-order valence-electron chi connectivity index (χ4n) is 1.98. The van der Waals surface area contributed by atoms with E-state index < -0.39 is 0 Å². The van der Waals surface area contributed by atoms with Gasteiger partial charge >= 0.3 is 0 Å². The fourth-order valence-corrected chi connectivity index (χ4v) is 1.98. The summed E-state index contributed by atoms with van der Waals surface area (Å²) in [5.74, 6) is 1.03. The minimum Gasteiger partial charge on any atom is -0.496 e. The van der Waals surface area contributed by atoms with Crippen molar-refractivity contribution in [1.82, 2.24) is 0 Å². The predicted octanol–water partition coefficient (Wildman–Crippen LogP) is 3.37. The van der Waals surface area contributed by atoms with Crippen LogP contribution in [0.4, 0.5) is 0 Å². The molecule has 0 aromatic rings. The summed E-state index contributed by atoms with van der Waals surface area (Å²) in [7, 11) is 0. The van der Waals surface area contributed by atoms with Gasteiger partial charge in [-0.2, -0.15) is 0 Å². The predicted molar refractivity (Wildman–Crippen MR) is 64.6 cm³/mol. The van der Waals surface area contributed by atoms with E-state index in [1.807, 2.05) is 0 Å². The quantitative estimate of drug-likeness (QED) is 0.625. The van der Waals surface area contributed by atoms with Crippen LogP contribution in [0.5, 0.6) is 0 Å². The van der Waals surface area contributed by atoms with Gasteiger partial charge in [0, 0.05) is 6.42 Å². The summed E-state index contributed by atoms with van der Waals surface area (Å²) in [6, 6.07) is 0.152. The second-order valence-electron chi connectivity index (χ2n) is 4.41. The summed E-state index contributed by atoms with van der Waals surface area (Å²) in [4.78, 5) is 0. The Labute approximate surface area is 93.9 Å². The topological polar surface area (TPSA) is 35.2 Å². The molecule has 2 heteroatoms. The maximum Gasteiger partial charge on any atom is 0.109 e. The average Bonchev–Trinajstić information content (AvgIpc) is 2.76. The molecule has 0 fully saturated rings. The van der Waals surface area contributed by atoms with Crippen molar-refractivity contribution in [2.45, 2.75) is 64.3 Å². The lowest BCUT2D eigenvalue weighted by atomic mass is 10.0. The first-order chi connectivity index (χ1) is 7.34. The van der Waals surface area contributed by atoms with E-state index in [9.17, 15) is 0 Å². The van der Waals surface area contributed by atoms with Gasteiger partial charge in [-0.3, -0.25) is 0 Å². The van der Waals surface area contributed by atoms with Crippen LogP contribution in [-0.4, -0.2) is 12.6 Å². The molecule has 0 aromatic carbocycles. The second-order valence-corrected chi connectivity index (χ2v) is 4.41. The molecule has 1 unspecified atom stereocenters. The van der Waals surface area contributed by atoms with Gasteiger partial charge in [-0.25, -0.2) is 0 Å². The highest BCUT2D eigenvalue weighted by atomic mass is 16.5. The SMILES string of the molecule is CCCCCCCCC(N)C1=CCCO1. The van der Waals surface area contributed by atoms with E-state index in [-0.39, 0.29) is 6.04 Å². The van der Waals surface area contributed by atoms with Crippen molar-refractivity contribution in [3.8, 4) is 0 Å². The Hall–Kier alpha value is -0.500. The van der Waals surface area contributed by atoms with Gasteiger partial charge in [0.25, 0.3) is 0 Å². The molecule has 1 atom stereocenters. The van der Waals surface area contributed by atoms with E-state index in [0.717, 1.165) is 25.2 Å². The van der Waals surface area contributed by atoms with E-state index in [4.69, 9.17) is 10.5 Å². The minimum atomic E-state index is 0.152. The fraction of sp³-hybridized carbons (Fsp3) is 0.846. The van der Waals surface area contributed by atoms with Crippen molar-refractivity contribution in [3.63, 3.8) is 0 Å². The number of nitrogens with two attached hydrogens (primary N) is 1. The number of ether oxygens (including phenoxy) is 1. The van der Waals surface area contributed by atoms with E-state index in [1.54, 1.807) is 0 Å². The lowest BCUT2D eigenvalue weighted by Gasteiger charge is -2.12. The van der Waals surface area contributed by atoms with Crippen molar-refractivity contribution in [1.29, 1.82) is 0 Å². The molecule has 0 amide bonds. The first-order valence-corrected chi connectivity index (χ1v) is 6.43. The Morgan fingerprint density at radius 3 is 2.67 bits per heavy atom. The lowest BCUT2D eigenvalue weighted by Crippen LogP contribution is -2.22. The van der Waals surface area contributed by atoms with Gasteiger partial charge in [0.15, 0.2) is 0 Å². The molecule has 0 radical (unpaired) electrons. The summed E-state index contributed by atoms with van der Waals surface area (Å²) in [5.41, 5.74) is 6.03. The molecule has 1 aliphatic heterocycles. The van der Waals surface area contributed by atoms with E-state index in [0.29, 0.717) is 0 Å². The maximum atomic E-state index is 6.03. The van der Waals surface area contributed by atoms with E-state index in [1.165, 1.54) is 38.5 Å². The van der Waals surface area contributed by atoms with Crippen molar-refractivity contribution in [2.24, 2.45) is 5.73 Å². The first kappa shape index (κ1) is 12.6. The summed E-state index contributed by atoms with van der Waals surface area (Å²) in [6.45, 7) is 3.08. The third kappa shape index (κ3) is 5.22. The normalized spacial score (nSPS) is 17.3. The van der Waals surface area contributed by atoms with Crippen LogP contribution >= 0.6 is 0 Å². The minimum absolute atomic E-state index is 0.152. The summed E-state index contributed by atoms with van der Waals surface area (Å²) >= 11 is 0. The Morgan fingerprint density at radius 1 is 1.27 bits per heavy atom. The molecule has 0 spiro atoms. The van der Waals surface area contributed by atoms with Gasteiger partial charge in [-0.1, -0.05) is 45.4 Å². The Balaban J connectivity index is 1.95. The summed E-state index contributed by atoms with van der Waals surface area (Å²) in [5, 5.41) is 0. The number of rotatable bonds is 8. The number of hydrogen-bond donors (Lipinski definition) is 1. The monoisotopic (exact) mass is 211 g/mol. The zero-order chi connectivity index (χ0) is 10.9. The van der Waals surface area contributed by atoms with Crippen LogP contribution in [0.1, 0.15) is 58.3 Å². The molecule has 0 aliphatic carbocycles. The van der Waals surface area contributed by atoms with Gasteiger partial charge < -0.3 is 10.5 Å². The highest BCUT2D eigenvalue weighted by Gasteiger charge is 2.13. The van der Waals surface area contributed by atoms with Crippen molar-refractivity contribution >= 4 is 0 Å². The van der Waals surface area contributed by atoms with Crippen molar-refractivity contribution in [3.05, 3.63) is 11.8 Å². The molecule has 0 saturated heterocycles. The highest BCUT2D eigenvalue weighted by molar-refractivity contribution is 5.05. The molecule has 1 rings (SSSR count). The van der Waals surface area contributed by atoms with Crippen LogP contribution in [-0.2, 0) is 4.74 Å². The second kappa shape index (κ2) is 7.75. The lowest BCUT2D eigenvalue weighted by molar-refractivity contribution is 0.221. The molecular formula is C13H25NO. The van der Waals surface area contributed by atoms with Crippen LogP contribution in [0.2, 0.25) is 0 Å². The first-order valence-electron chi connectivity index (χ1n) is 6.43. The molecule has 0 bridgehead atoms. The molecule has 2 nitrogen and oxygen atoms in total. The molecule has 1 heterocycles. The maximum absolute atomic E-state index is 6.03. The standard InChI is InChI=1S/C13H25NO/c1-2-3-4-5-6-7-9-12(14)13-10-8-11-15-13/h10,12H,2-9,11,14H2,1H3. The van der Waals surface area contributed by atoms with Gasteiger partial charge in [0.05, 0.1) is 12.6 Å². The Morgan fingerprint density at radius 2 is 2.00 bits per heavy atom. The van der Waals surface area contributed by atoms with Gasteiger partial charge in [-0.05, 0) is 12.5 Å². The van der Waals surface area contributed by atoms with Crippen LogP contribution in [0.3, 0.4) is 0 Å². The van der Waals surface area contributed by atoms with Crippen LogP contribution in [0.15, 0.2) is 11.8 Å². The zero-order valence-corrected chi connectivity index (χ0v) is 10.0. The highest BCUT2D eigenvalue weighted by Crippen LogP contribution is 2.16. The van der Waals surface area contributed by atoms with Gasteiger partial charge in [-0.15, -0.1) is 0 Å². The van der Waals surface area contributed by atoms with Crippen LogP contribution in [0.25, 0.3) is 0 Å². The number of unbranched alkanes of at least 4 members (excludes halogenated alkanes) is 5. The zero-order valence-electron chi connectivity index (χ0n) is 10.0. The van der Waals surface area contributed by atoms with Crippen molar-refractivity contribution < 1.29 is 4.74 Å². The average molecular weight is 211 g/mol. The number of hydrogen-bond acceptors (Lipinski definition) is 2. The summed E-state index contributed by atoms with van der Waals surface area (Å²) < 4.78 is 5.45. The van der Waals surface area contributed by atoms with Gasteiger partial charge in [0.1, 0.15) is 5.76 Å². The van der Waals surface area contributed by atoms with Crippen LogP contribution < -0.4 is 5.73 Å². The summed E-state index contributed by atoms with van der Waals surface area (Å²) in [6.07, 6.45) is 12.3. The molecule has 0 aromatic heterocycles. The third-order valence-corrected chi connectivity index (χ3v) is 2.97. The van der Waals surface area contributed by atoms with Crippen molar-refractivity contribution in [2.75, 3.05) is 6.61 Å². The molecule has 2 N–H and O–H groups in total. The van der Waals surface area contributed by atoms with E-state index in [2.05, 4.69) is 13.0 Å². The molecular weight excluding hydrogens is 186 g/mol. The Bertz CT molecular complexity index is 189. The van der Waals surface area contributed by atoms with Gasteiger partial charge in [0.2, 0.25) is 0 Å². The third-order valence-electron chi connectivity index (χ3n) is 2.97. The molecule has 1 aliphatic rings. The largest absolute Gasteiger partial charge is 0.496 e. The van der Waals surface area contributed by atoms with E-state index >= 15 is 0 Å². The molecule has 15 heavy (non-hydrogen) atoms. The smallest absolute Gasteiger partial charge is 0.109 e. The van der Waals surface area contributed by atoms with Crippen LogP contribution in [0, 0.1) is 0 Å². The molecule has 0 saturated carbocycles. The molecule has 88 valence electrons. The Kier molecular flexibility index (Phi) is 6.49.